The molecule has 0 bridgehead atoms. The van der Waals surface area contributed by atoms with Crippen LogP contribution in [0.25, 0.3) is 0 Å². The average Bonchev–Trinajstić information content (AvgIpc) is 3.14. The van der Waals surface area contributed by atoms with Crippen LogP contribution in [0, 0.1) is 0 Å². The number of ether oxygens (including phenoxy) is 3. The summed E-state index contributed by atoms with van der Waals surface area (Å²) >= 11 is 0. The number of likely N-dealkylation sites (N-methyl/N-ethyl adjacent to an activating group) is 1. The first-order valence-electron chi connectivity index (χ1n) is 21.5. The zero-order valence-corrected chi connectivity index (χ0v) is 35.6. The smallest absolute Gasteiger partial charge is 0.362 e. The summed E-state index contributed by atoms with van der Waals surface area (Å²) in [5, 5.41) is 9.61. The number of allylic oxidation sites excluding steroid dienone is 12. The molecule has 0 amide bonds. The predicted molar refractivity (Wildman–Crippen MR) is 229 cm³/mol. The lowest BCUT2D eigenvalue weighted by Gasteiger charge is -2.31. The molecule has 2 unspecified atom stereocenters. The zero-order chi connectivity index (χ0) is 40.7. The van der Waals surface area contributed by atoms with Crippen LogP contribution in [0.1, 0.15) is 155 Å². The van der Waals surface area contributed by atoms with Crippen LogP contribution in [0.5, 0.6) is 0 Å². The number of esters is 2. The molecule has 0 aromatic rings. The highest BCUT2D eigenvalue weighted by atomic mass is 16.6. The van der Waals surface area contributed by atoms with Crippen LogP contribution in [0.2, 0.25) is 0 Å². The maximum absolute atomic E-state index is 12.7. The van der Waals surface area contributed by atoms with Crippen LogP contribution >= 0.6 is 0 Å². The van der Waals surface area contributed by atoms with Gasteiger partial charge in [-0.15, -0.1) is 0 Å². The van der Waals surface area contributed by atoms with Crippen molar-refractivity contribution in [1.82, 2.24) is 0 Å². The Bertz CT molecular complexity index is 1130. The fourth-order valence-electron chi connectivity index (χ4n) is 5.82. The Morgan fingerprint density at radius 2 is 1.02 bits per heavy atom. The van der Waals surface area contributed by atoms with Crippen LogP contribution in [-0.4, -0.2) is 80.6 Å². The monoisotopic (exact) mass is 771 g/mol. The highest BCUT2D eigenvalue weighted by Crippen LogP contribution is 2.13. The minimum absolute atomic E-state index is 0.0428. The normalized spacial score (nSPS) is 13.7. The van der Waals surface area contributed by atoms with Crippen molar-refractivity contribution in [1.29, 1.82) is 0 Å². The third-order valence-electron chi connectivity index (χ3n) is 9.19. The first-order chi connectivity index (χ1) is 26.6. The molecule has 55 heavy (non-hydrogen) atoms. The van der Waals surface area contributed by atoms with Gasteiger partial charge in [-0.1, -0.05) is 151 Å². The van der Waals surface area contributed by atoms with Crippen molar-refractivity contribution in [2.75, 3.05) is 41.0 Å². The largest absolute Gasteiger partial charge is 0.477 e. The number of carboxylic acids is 1. The maximum Gasteiger partial charge on any atom is 0.362 e. The molecule has 8 heteroatoms. The van der Waals surface area contributed by atoms with E-state index in [0.29, 0.717) is 19.3 Å². The summed E-state index contributed by atoms with van der Waals surface area (Å²) in [5.41, 5.74) is 0. The van der Waals surface area contributed by atoms with E-state index in [0.717, 1.165) is 77.0 Å². The van der Waals surface area contributed by atoms with E-state index in [4.69, 9.17) is 14.2 Å². The summed E-state index contributed by atoms with van der Waals surface area (Å²) in [6.45, 7) is 4.58. The van der Waals surface area contributed by atoms with E-state index in [1.165, 1.54) is 44.9 Å². The fourth-order valence-corrected chi connectivity index (χ4v) is 5.82. The number of rotatable bonds is 37. The summed E-state index contributed by atoms with van der Waals surface area (Å²) in [5.74, 6) is -1.53. The molecule has 2 atom stereocenters. The van der Waals surface area contributed by atoms with Gasteiger partial charge in [0.1, 0.15) is 6.61 Å². The lowest BCUT2D eigenvalue weighted by molar-refractivity contribution is -0.887. The molecule has 314 valence electrons. The van der Waals surface area contributed by atoms with Gasteiger partial charge in [-0.25, -0.2) is 4.79 Å². The van der Waals surface area contributed by atoms with E-state index < -0.39 is 18.1 Å². The second-order valence-electron chi connectivity index (χ2n) is 15.4. The average molecular weight is 771 g/mol. The molecule has 0 heterocycles. The van der Waals surface area contributed by atoms with E-state index in [9.17, 15) is 19.5 Å². The van der Waals surface area contributed by atoms with E-state index in [-0.39, 0.29) is 36.2 Å². The molecule has 1 N–H and O–H groups in total. The van der Waals surface area contributed by atoms with Gasteiger partial charge >= 0.3 is 17.9 Å². The van der Waals surface area contributed by atoms with Gasteiger partial charge in [-0.2, -0.15) is 0 Å². The Kier molecular flexibility index (Phi) is 35.5. The fraction of sp³-hybridized carbons (Fsp3) is 0.681. The molecule has 0 aromatic heterocycles. The Balaban J connectivity index is 4.45. The number of carbonyl (C=O) groups excluding carboxylic acids is 2. The van der Waals surface area contributed by atoms with Crippen LogP contribution in [0.15, 0.2) is 72.9 Å². The summed E-state index contributed by atoms with van der Waals surface area (Å²) in [6.07, 6.45) is 46.5. The molecule has 0 rings (SSSR count). The summed E-state index contributed by atoms with van der Waals surface area (Å²) < 4.78 is 17.2. The van der Waals surface area contributed by atoms with Gasteiger partial charge in [-0.05, 0) is 57.8 Å². The zero-order valence-electron chi connectivity index (χ0n) is 35.6. The molecule has 0 fully saturated rings. The Morgan fingerprint density at radius 1 is 0.545 bits per heavy atom. The van der Waals surface area contributed by atoms with Gasteiger partial charge in [0.05, 0.1) is 34.4 Å². The van der Waals surface area contributed by atoms with Crippen molar-refractivity contribution in [3.63, 3.8) is 0 Å². The number of aliphatic carboxylic acids is 1. The Morgan fingerprint density at radius 3 is 1.56 bits per heavy atom. The molecular formula is C47H80NO7+. The molecule has 0 aromatic carbocycles. The second kappa shape index (κ2) is 37.7. The highest BCUT2D eigenvalue weighted by molar-refractivity contribution is 5.72. The van der Waals surface area contributed by atoms with Gasteiger partial charge in [-0.3, -0.25) is 9.59 Å². The van der Waals surface area contributed by atoms with E-state index in [1.54, 1.807) is 0 Å². The van der Waals surface area contributed by atoms with Crippen LogP contribution in [0.4, 0.5) is 0 Å². The van der Waals surface area contributed by atoms with E-state index >= 15 is 0 Å². The first-order valence-corrected chi connectivity index (χ1v) is 21.5. The third kappa shape index (κ3) is 36.2. The van der Waals surface area contributed by atoms with Gasteiger partial charge in [0.25, 0.3) is 0 Å². The predicted octanol–water partition coefficient (Wildman–Crippen LogP) is 11.6. The minimum Gasteiger partial charge on any atom is -0.477 e. The molecule has 0 aliphatic heterocycles. The molecule has 0 aliphatic rings. The molecule has 0 spiro atoms. The minimum atomic E-state index is -0.885. The molecule has 0 radical (unpaired) electrons. The van der Waals surface area contributed by atoms with E-state index in [1.807, 2.05) is 57.6 Å². The van der Waals surface area contributed by atoms with E-state index in [2.05, 4.69) is 50.3 Å². The lowest BCUT2D eigenvalue weighted by Crippen LogP contribution is -2.50. The highest BCUT2D eigenvalue weighted by Gasteiger charge is 2.31. The second-order valence-corrected chi connectivity index (χ2v) is 15.4. The number of hydrogen-bond donors (Lipinski definition) is 1. The van der Waals surface area contributed by atoms with Crippen molar-refractivity contribution in [2.45, 2.75) is 167 Å². The van der Waals surface area contributed by atoms with Gasteiger partial charge < -0.3 is 23.8 Å². The molecule has 0 aliphatic carbocycles. The van der Waals surface area contributed by atoms with Crippen molar-refractivity contribution >= 4 is 17.9 Å². The molecule has 8 nitrogen and oxygen atoms in total. The van der Waals surface area contributed by atoms with Gasteiger partial charge in [0, 0.05) is 19.3 Å². The maximum atomic E-state index is 12.7. The Hall–Kier alpha value is -3.23. The van der Waals surface area contributed by atoms with Gasteiger partial charge in [0.15, 0.2) is 12.1 Å². The number of nitrogens with zero attached hydrogens (tertiary/aromatic N) is 1. The van der Waals surface area contributed by atoms with Crippen molar-refractivity contribution in [2.24, 2.45) is 0 Å². The third-order valence-corrected chi connectivity index (χ3v) is 9.19. The summed E-state index contributed by atoms with van der Waals surface area (Å²) in [6, 6.07) is -0.624. The lowest BCUT2D eigenvalue weighted by atomic mass is 10.1. The number of carbonyl (C=O) groups is 3. The first kappa shape index (κ1) is 51.8. The van der Waals surface area contributed by atoms with Crippen molar-refractivity contribution in [3.05, 3.63) is 72.9 Å². The topological polar surface area (TPSA) is 99.1 Å². The van der Waals surface area contributed by atoms with Crippen molar-refractivity contribution in [3.8, 4) is 0 Å². The van der Waals surface area contributed by atoms with Gasteiger partial charge in [0.2, 0.25) is 0 Å². The summed E-state index contributed by atoms with van der Waals surface area (Å²) in [7, 11) is 5.50. The molecule has 0 saturated heterocycles. The number of hydrogen-bond acceptors (Lipinski definition) is 6. The number of quaternary nitrogens is 1. The summed E-state index contributed by atoms with van der Waals surface area (Å²) in [4.78, 5) is 36.9. The number of carboxylic acid groups (broad SMARTS) is 1. The Labute approximate surface area is 336 Å². The van der Waals surface area contributed by atoms with Crippen LogP contribution < -0.4 is 0 Å². The van der Waals surface area contributed by atoms with Crippen LogP contribution in [-0.2, 0) is 28.6 Å². The molecule has 0 saturated carbocycles. The standard InChI is InChI=1S/C47H79NO7/c1-6-8-10-12-14-16-18-20-21-22-23-24-26-27-29-31-33-35-37-45(49)54-42-43(41-53-40-39-44(47(51)52)48(3,4)5)55-46(50)38-36-34-32-30-28-25-19-17-15-13-11-9-7-2/h10,12,14,16,18,20-25,28,43-44H,6-9,11,13,15,17,19,26-27,29-42H2,1-5H3/p+1/b12-10+,16-14+,20-18+,22-21+,24-23+,28-25+. The quantitative estimate of drug-likeness (QED) is 0.0221. The number of unbranched alkanes of at least 4 members (excludes halogenated alkanes) is 15. The van der Waals surface area contributed by atoms with Crippen molar-refractivity contribution < 1.29 is 38.2 Å². The molecular weight excluding hydrogens is 691 g/mol. The SMILES string of the molecule is CCC/C=C/C=C/C=C/C=C/C=C/CCCCCCCC(=O)OCC(COCCC(C(=O)O)[N+](C)(C)C)OC(=O)CCCCC/C=C/CCCCCCCC. The van der Waals surface area contributed by atoms with Crippen LogP contribution in [0.3, 0.4) is 0 Å².